The van der Waals surface area contributed by atoms with Crippen LogP contribution in [0.15, 0.2) is 52.2 Å². The lowest BCUT2D eigenvalue weighted by Crippen LogP contribution is -2.42. The highest BCUT2D eigenvalue weighted by Crippen LogP contribution is 1.97. The van der Waals surface area contributed by atoms with Gasteiger partial charge in [-0.05, 0) is 12.1 Å². The van der Waals surface area contributed by atoms with Gasteiger partial charge in [-0.15, -0.1) is 0 Å². The lowest BCUT2D eigenvalue weighted by Gasteiger charge is -2.05. The van der Waals surface area contributed by atoms with E-state index >= 15 is 0 Å². The first-order valence-corrected chi connectivity index (χ1v) is 4.85. The van der Waals surface area contributed by atoms with Crippen LogP contribution in [-0.4, -0.2) is 15.6 Å². The number of carbonyl (C=O) groups is 1. The van der Waals surface area contributed by atoms with Crippen molar-refractivity contribution in [1.82, 2.24) is 9.66 Å². The van der Waals surface area contributed by atoms with E-state index in [1.165, 1.54) is 6.20 Å². The molecular formula is C11H9N3O3. The summed E-state index contributed by atoms with van der Waals surface area (Å²) in [6.45, 7) is 0. The fourth-order valence-electron chi connectivity index (χ4n) is 1.28. The topological polar surface area (TPSA) is 84.0 Å². The van der Waals surface area contributed by atoms with E-state index < -0.39 is 17.2 Å². The van der Waals surface area contributed by atoms with Crippen molar-refractivity contribution in [2.45, 2.75) is 0 Å². The summed E-state index contributed by atoms with van der Waals surface area (Å²) in [5, 5.41) is 0. The third-order valence-electron chi connectivity index (χ3n) is 2.11. The Morgan fingerprint density at radius 3 is 2.47 bits per heavy atom. The van der Waals surface area contributed by atoms with Crippen molar-refractivity contribution in [3.05, 3.63) is 69.0 Å². The summed E-state index contributed by atoms with van der Waals surface area (Å²) in [7, 11) is 0. The summed E-state index contributed by atoms with van der Waals surface area (Å²) in [6, 6.07) is 9.44. The van der Waals surface area contributed by atoms with Crippen LogP contribution >= 0.6 is 0 Å². The van der Waals surface area contributed by atoms with Crippen molar-refractivity contribution in [3.63, 3.8) is 0 Å². The Bertz CT molecular complexity index is 615. The monoisotopic (exact) mass is 231 g/mol. The van der Waals surface area contributed by atoms with Crippen LogP contribution in [0, 0.1) is 0 Å². The Kier molecular flexibility index (Phi) is 2.87. The largest absolute Gasteiger partial charge is 0.347 e. The second-order valence-electron chi connectivity index (χ2n) is 3.26. The van der Waals surface area contributed by atoms with Gasteiger partial charge < -0.3 is 4.98 Å². The van der Waals surface area contributed by atoms with E-state index in [2.05, 4.69) is 10.4 Å². The molecule has 0 spiro atoms. The molecule has 0 aliphatic carbocycles. The van der Waals surface area contributed by atoms with Crippen molar-refractivity contribution in [2.75, 3.05) is 5.43 Å². The maximum atomic E-state index is 11.7. The summed E-state index contributed by atoms with van der Waals surface area (Å²) in [4.78, 5) is 36.6. The molecule has 2 aromatic rings. The first-order valence-electron chi connectivity index (χ1n) is 4.85. The molecule has 6 heteroatoms. The molecule has 1 aromatic carbocycles. The minimum Gasteiger partial charge on any atom is -0.312 e. The molecule has 0 radical (unpaired) electrons. The Morgan fingerprint density at radius 1 is 1.12 bits per heavy atom. The first kappa shape index (κ1) is 10.9. The minimum absolute atomic E-state index is 0.364. The van der Waals surface area contributed by atoms with Crippen molar-refractivity contribution in [2.24, 2.45) is 0 Å². The molecule has 1 aromatic heterocycles. The molecule has 1 heterocycles. The zero-order valence-electron chi connectivity index (χ0n) is 8.71. The van der Waals surface area contributed by atoms with Crippen LogP contribution in [0.2, 0.25) is 0 Å². The maximum Gasteiger partial charge on any atom is 0.347 e. The van der Waals surface area contributed by atoms with E-state index in [1.807, 2.05) is 0 Å². The van der Waals surface area contributed by atoms with E-state index in [4.69, 9.17) is 0 Å². The van der Waals surface area contributed by atoms with Crippen LogP contribution in [0.3, 0.4) is 0 Å². The average Bonchev–Trinajstić information content (AvgIpc) is 2.35. The Balaban J connectivity index is 2.32. The number of aromatic amines is 1. The Labute approximate surface area is 95.5 Å². The molecule has 0 aliphatic rings. The summed E-state index contributed by atoms with van der Waals surface area (Å²) in [6.07, 6.45) is 1.22. The predicted molar refractivity (Wildman–Crippen MR) is 61.5 cm³/mol. The fraction of sp³-hybridized carbons (Fsp3) is 0. The van der Waals surface area contributed by atoms with Gasteiger partial charge in [0.1, 0.15) is 0 Å². The van der Waals surface area contributed by atoms with Crippen LogP contribution in [0.1, 0.15) is 10.4 Å². The van der Waals surface area contributed by atoms with Gasteiger partial charge in [-0.1, -0.05) is 18.2 Å². The zero-order valence-corrected chi connectivity index (χ0v) is 8.71. The van der Waals surface area contributed by atoms with Gasteiger partial charge >= 0.3 is 5.69 Å². The molecule has 1 amide bonds. The molecule has 2 N–H and O–H groups in total. The number of H-pyrrole nitrogens is 1. The SMILES string of the molecule is O=C(Nn1c(=O)cc[nH]c1=O)c1ccccc1. The average molecular weight is 231 g/mol. The second kappa shape index (κ2) is 4.48. The third-order valence-corrected chi connectivity index (χ3v) is 2.11. The van der Waals surface area contributed by atoms with Crippen molar-refractivity contribution in [3.8, 4) is 0 Å². The number of aromatic nitrogens is 2. The number of nitrogens with zero attached hydrogens (tertiary/aromatic N) is 1. The summed E-state index contributed by atoms with van der Waals surface area (Å²) in [5.74, 6) is -0.524. The number of hydrogen-bond acceptors (Lipinski definition) is 3. The molecule has 17 heavy (non-hydrogen) atoms. The van der Waals surface area contributed by atoms with Gasteiger partial charge in [0.05, 0.1) is 0 Å². The second-order valence-corrected chi connectivity index (χ2v) is 3.26. The van der Waals surface area contributed by atoms with E-state index in [9.17, 15) is 14.4 Å². The molecule has 2 rings (SSSR count). The van der Waals surface area contributed by atoms with Gasteiger partial charge in [-0.25, -0.2) is 4.79 Å². The van der Waals surface area contributed by atoms with Crippen LogP contribution in [0.5, 0.6) is 0 Å². The van der Waals surface area contributed by atoms with Gasteiger partial charge in [0.2, 0.25) is 0 Å². The zero-order chi connectivity index (χ0) is 12.3. The Morgan fingerprint density at radius 2 is 1.82 bits per heavy atom. The van der Waals surface area contributed by atoms with Gasteiger partial charge in [0, 0.05) is 17.8 Å². The molecule has 86 valence electrons. The van der Waals surface area contributed by atoms with Gasteiger partial charge in [-0.2, -0.15) is 4.68 Å². The highest BCUT2D eigenvalue weighted by atomic mass is 16.2. The van der Waals surface area contributed by atoms with E-state index in [-0.39, 0.29) is 0 Å². The smallest absolute Gasteiger partial charge is 0.312 e. The summed E-state index contributed by atoms with van der Waals surface area (Å²) >= 11 is 0. The minimum atomic E-state index is -0.693. The molecule has 0 aliphatic heterocycles. The number of amides is 1. The normalized spacial score (nSPS) is 9.88. The number of benzene rings is 1. The van der Waals surface area contributed by atoms with Crippen molar-refractivity contribution < 1.29 is 4.79 Å². The van der Waals surface area contributed by atoms with Crippen molar-refractivity contribution >= 4 is 5.91 Å². The fourth-order valence-corrected chi connectivity index (χ4v) is 1.28. The number of rotatable bonds is 2. The molecule has 6 nitrogen and oxygen atoms in total. The number of nitrogens with one attached hydrogen (secondary N) is 2. The highest BCUT2D eigenvalue weighted by Gasteiger charge is 2.07. The van der Waals surface area contributed by atoms with Crippen LogP contribution in [0.25, 0.3) is 0 Å². The van der Waals surface area contributed by atoms with E-state index in [0.29, 0.717) is 10.2 Å². The lowest BCUT2D eigenvalue weighted by molar-refractivity contribution is 0.101. The van der Waals surface area contributed by atoms with Gasteiger partial charge in [0.25, 0.3) is 11.5 Å². The quantitative estimate of drug-likeness (QED) is 0.758. The maximum absolute atomic E-state index is 11.7. The molecule has 0 fully saturated rings. The first-order chi connectivity index (χ1) is 8.18. The van der Waals surface area contributed by atoms with Crippen LogP contribution < -0.4 is 16.7 Å². The molecule has 0 saturated heterocycles. The molecular weight excluding hydrogens is 222 g/mol. The third kappa shape index (κ3) is 2.31. The summed E-state index contributed by atoms with van der Waals surface area (Å²) in [5.41, 5.74) is 1.29. The standard InChI is InChI=1S/C11H9N3O3/c15-9-6-7-12-11(17)14(9)13-10(16)8-4-2-1-3-5-8/h1-7H,(H,12,17)(H,13,16). The number of carbonyl (C=O) groups excluding carboxylic acids is 1. The lowest BCUT2D eigenvalue weighted by atomic mass is 10.2. The van der Waals surface area contributed by atoms with Crippen LogP contribution in [-0.2, 0) is 0 Å². The molecule has 0 unspecified atom stereocenters. The summed E-state index contributed by atoms with van der Waals surface area (Å²) < 4.78 is 0.620. The van der Waals surface area contributed by atoms with Crippen molar-refractivity contribution in [1.29, 1.82) is 0 Å². The number of hydrogen-bond donors (Lipinski definition) is 2. The van der Waals surface area contributed by atoms with Gasteiger partial charge in [-0.3, -0.25) is 15.0 Å². The molecule has 0 bridgehead atoms. The van der Waals surface area contributed by atoms with Gasteiger partial charge in [0.15, 0.2) is 0 Å². The van der Waals surface area contributed by atoms with E-state index in [0.717, 1.165) is 6.07 Å². The Hall–Kier alpha value is -2.63. The predicted octanol–water partition coefficient (Wildman–Crippen LogP) is -0.0795. The highest BCUT2D eigenvalue weighted by molar-refractivity contribution is 5.99. The van der Waals surface area contributed by atoms with Crippen LogP contribution in [0.4, 0.5) is 0 Å². The molecule has 0 atom stereocenters. The molecule has 0 saturated carbocycles. The van der Waals surface area contributed by atoms with E-state index in [1.54, 1.807) is 30.3 Å².